The molecule has 2 fully saturated rings. The number of guanidine groups is 1. The summed E-state index contributed by atoms with van der Waals surface area (Å²) in [4.78, 5) is 5.00. The molecule has 33 heavy (non-hydrogen) atoms. The fourth-order valence-corrected chi connectivity index (χ4v) is 4.88. The van der Waals surface area contributed by atoms with Crippen molar-refractivity contribution in [2.45, 2.75) is 50.9 Å². The molecule has 0 aromatic heterocycles. The van der Waals surface area contributed by atoms with E-state index in [2.05, 4.69) is 35.8 Å². The van der Waals surface area contributed by atoms with Gasteiger partial charge in [0.05, 0.1) is 19.8 Å². The summed E-state index contributed by atoms with van der Waals surface area (Å²) in [5.74, 6) is 3.19. The molecule has 0 radical (unpaired) electrons. The van der Waals surface area contributed by atoms with Gasteiger partial charge >= 0.3 is 0 Å². The van der Waals surface area contributed by atoms with Gasteiger partial charge < -0.3 is 29.6 Å². The second kappa shape index (κ2) is 13.6. The number of halogens is 1. The van der Waals surface area contributed by atoms with Crippen molar-refractivity contribution in [2.75, 3.05) is 59.3 Å². The van der Waals surface area contributed by atoms with Gasteiger partial charge in [-0.05, 0) is 50.3 Å². The van der Waals surface area contributed by atoms with Crippen LogP contribution in [0.5, 0.6) is 11.5 Å². The molecule has 1 aliphatic carbocycles. The van der Waals surface area contributed by atoms with Crippen LogP contribution in [-0.2, 0) is 14.9 Å². The highest BCUT2D eigenvalue weighted by Gasteiger charge is 2.36. The van der Waals surface area contributed by atoms with Gasteiger partial charge in [-0.1, -0.05) is 18.9 Å². The molecule has 0 amide bonds. The zero-order valence-electron chi connectivity index (χ0n) is 19.9. The zero-order chi connectivity index (χ0) is 22.1. The Balaban J connectivity index is 0.00000306. The number of fused-ring (bicyclic) bond motifs is 1. The predicted molar refractivity (Wildman–Crippen MR) is 141 cm³/mol. The Hall–Kier alpha value is -1.26. The Kier molecular flexibility index (Phi) is 10.8. The molecule has 1 aromatic carbocycles. The van der Waals surface area contributed by atoms with Crippen LogP contribution in [0.2, 0.25) is 0 Å². The zero-order valence-corrected chi connectivity index (χ0v) is 22.2. The van der Waals surface area contributed by atoms with Crippen LogP contribution >= 0.6 is 24.0 Å². The highest BCUT2D eigenvalue weighted by atomic mass is 127. The Morgan fingerprint density at radius 3 is 2.70 bits per heavy atom. The van der Waals surface area contributed by atoms with Crippen molar-refractivity contribution < 1.29 is 18.9 Å². The number of nitrogens with one attached hydrogen (secondary N) is 2. The van der Waals surface area contributed by atoms with Crippen molar-refractivity contribution in [1.82, 2.24) is 10.6 Å². The summed E-state index contributed by atoms with van der Waals surface area (Å²) < 4.78 is 22.8. The number of hydrogen-bond donors (Lipinski definition) is 2. The van der Waals surface area contributed by atoms with E-state index >= 15 is 0 Å². The second-order valence-corrected chi connectivity index (χ2v) is 9.13. The van der Waals surface area contributed by atoms with Gasteiger partial charge in [-0.15, -0.1) is 24.0 Å². The molecule has 4 rings (SSSR count). The molecule has 1 saturated carbocycles. The summed E-state index contributed by atoms with van der Waals surface area (Å²) in [5, 5.41) is 6.88. The number of aliphatic imine (C=N–C) groups is 1. The number of hydrogen-bond acceptors (Lipinski definition) is 5. The SMILES string of the molecule is CCNC(=NCC1(c2ccc3c(c2)OCCO3)CCCC1)NCCCOCC1CCOC1.I. The van der Waals surface area contributed by atoms with Crippen LogP contribution in [0.25, 0.3) is 0 Å². The predicted octanol–water partition coefficient (Wildman–Crippen LogP) is 3.89. The number of rotatable bonds is 10. The molecule has 2 N–H and O–H groups in total. The average Bonchev–Trinajstić information content (AvgIpc) is 3.52. The van der Waals surface area contributed by atoms with Crippen LogP contribution in [0.15, 0.2) is 23.2 Å². The molecule has 8 heteroatoms. The molecule has 2 aliphatic heterocycles. The first-order valence-electron chi connectivity index (χ1n) is 12.4. The second-order valence-electron chi connectivity index (χ2n) is 9.13. The standard InChI is InChI=1S/C25H39N3O4.HI/c1-2-26-24(27-11-5-12-29-17-20-8-13-30-18-20)28-19-25(9-3-4-10-25)21-6-7-22-23(16-21)32-15-14-31-22;/h6-7,16,20H,2-5,8-15,17-19H2,1H3,(H2,26,27,28);1H. The van der Waals surface area contributed by atoms with Crippen LogP contribution in [0.3, 0.4) is 0 Å². The maximum Gasteiger partial charge on any atom is 0.191 e. The van der Waals surface area contributed by atoms with Crippen molar-refractivity contribution >= 4 is 29.9 Å². The van der Waals surface area contributed by atoms with Gasteiger partial charge in [-0.25, -0.2) is 0 Å². The lowest BCUT2D eigenvalue weighted by Gasteiger charge is -2.30. The molecular formula is C25H40IN3O4. The van der Waals surface area contributed by atoms with Crippen LogP contribution in [0.4, 0.5) is 0 Å². The van der Waals surface area contributed by atoms with Crippen LogP contribution in [0.1, 0.15) is 51.0 Å². The Labute approximate surface area is 215 Å². The lowest BCUT2D eigenvalue weighted by Crippen LogP contribution is -2.39. The summed E-state index contributed by atoms with van der Waals surface area (Å²) in [6.07, 6.45) is 6.91. The van der Waals surface area contributed by atoms with E-state index in [1.54, 1.807) is 0 Å². The van der Waals surface area contributed by atoms with E-state index in [0.29, 0.717) is 19.1 Å². The molecular weight excluding hydrogens is 533 g/mol. The fourth-order valence-electron chi connectivity index (χ4n) is 4.88. The average molecular weight is 574 g/mol. The van der Waals surface area contributed by atoms with Gasteiger partial charge in [0.2, 0.25) is 0 Å². The molecule has 1 atom stereocenters. The van der Waals surface area contributed by atoms with Crippen molar-refractivity contribution in [3.8, 4) is 11.5 Å². The highest BCUT2D eigenvalue weighted by Crippen LogP contribution is 2.44. The Morgan fingerprint density at radius 2 is 1.94 bits per heavy atom. The van der Waals surface area contributed by atoms with Gasteiger partial charge in [0.25, 0.3) is 0 Å². The van der Waals surface area contributed by atoms with Gasteiger partial charge in [-0.3, -0.25) is 4.99 Å². The Morgan fingerprint density at radius 1 is 1.12 bits per heavy atom. The number of benzene rings is 1. The van der Waals surface area contributed by atoms with Gasteiger partial charge in [0.15, 0.2) is 17.5 Å². The molecule has 1 unspecified atom stereocenters. The van der Waals surface area contributed by atoms with E-state index in [0.717, 1.165) is 89.2 Å². The minimum atomic E-state index is 0. The van der Waals surface area contributed by atoms with Crippen LogP contribution < -0.4 is 20.1 Å². The lowest BCUT2D eigenvalue weighted by molar-refractivity contribution is 0.0888. The van der Waals surface area contributed by atoms with E-state index in [9.17, 15) is 0 Å². The fraction of sp³-hybridized carbons (Fsp3) is 0.720. The minimum Gasteiger partial charge on any atom is -0.486 e. The van der Waals surface area contributed by atoms with Gasteiger partial charge in [-0.2, -0.15) is 0 Å². The number of nitrogens with zero attached hydrogens (tertiary/aromatic N) is 1. The smallest absolute Gasteiger partial charge is 0.191 e. The summed E-state index contributed by atoms with van der Waals surface area (Å²) in [7, 11) is 0. The molecule has 1 aromatic rings. The first kappa shape index (κ1) is 26.3. The molecule has 7 nitrogen and oxygen atoms in total. The van der Waals surface area contributed by atoms with Gasteiger partial charge in [0.1, 0.15) is 13.2 Å². The topological polar surface area (TPSA) is 73.3 Å². The van der Waals surface area contributed by atoms with E-state index < -0.39 is 0 Å². The van der Waals surface area contributed by atoms with Crippen molar-refractivity contribution in [2.24, 2.45) is 10.9 Å². The molecule has 1 saturated heterocycles. The molecule has 0 bridgehead atoms. The van der Waals surface area contributed by atoms with Crippen molar-refractivity contribution in [3.05, 3.63) is 23.8 Å². The first-order chi connectivity index (χ1) is 15.8. The molecule has 2 heterocycles. The molecule has 3 aliphatic rings. The van der Waals surface area contributed by atoms with Crippen molar-refractivity contribution in [1.29, 1.82) is 0 Å². The van der Waals surface area contributed by atoms with E-state index in [4.69, 9.17) is 23.9 Å². The first-order valence-corrected chi connectivity index (χ1v) is 12.4. The van der Waals surface area contributed by atoms with Crippen LogP contribution in [-0.4, -0.2) is 65.2 Å². The summed E-state index contributed by atoms with van der Waals surface area (Å²) >= 11 is 0. The minimum absolute atomic E-state index is 0. The van der Waals surface area contributed by atoms with E-state index in [1.165, 1.54) is 18.4 Å². The summed E-state index contributed by atoms with van der Waals surface area (Å²) in [5.41, 5.74) is 1.40. The maximum absolute atomic E-state index is 5.85. The van der Waals surface area contributed by atoms with E-state index in [-0.39, 0.29) is 29.4 Å². The quantitative estimate of drug-likeness (QED) is 0.192. The van der Waals surface area contributed by atoms with Gasteiger partial charge in [0, 0.05) is 37.6 Å². The third-order valence-corrected chi connectivity index (χ3v) is 6.73. The monoisotopic (exact) mass is 573 g/mol. The summed E-state index contributed by atoms with van der Waals surface area (Å²) in [6, 6.07) is 6.46. The van der Waals surface area contributed by atoms with Crippen LogP contribution in [0, 0.1) is 5.92 Å². The molecule has 186 valence electrons. The van der Waals surface area contributed by atoms with Crippen molar-refractivity contribution in [3.63, 3.8) is 0 Å². The van der Waals surface area contributed by atoms with E-state index in [1.807, 2.05) is 0 Å². The highest BCUT2D eigenvalue weighted by molar-refractivity contribution is 14.0. The maximum atomic E-state index is 5.85. The lowest BCUT2D eigenvalue weighted by atomic mass is 9.79. The summed E-state index contributed by atoms with van der Waals surface area (Å²) in [6.45, 7) is 9.14. The third kappa shape index (κ3) is 7.36. The number of ether oxygens (including phenoxy) is 4. The molecule has 0 spiro atoms. The normalized spacial score (nSPS) is 21.5. The Bertz CT molecular complexity index is 749. The third-order valence-electron chi connectivity index (χ3n) is 6.73. The largest absolute Gasteiger partial charge is 0.486 e.